The van der Waals surface area contributed by atoms with Crippen LogP contribution in [0.5, 0.6) is 0 Å². The molecule has 5 heteroatoms. The molecule has 5 nitrogen and oxygen atoms in total. The number of rotatable bonds is 1. The predicted molar refractivity (Wildman–Crippen MR) is 43.5 cm³/mol. The molecule has 2 unspecified atom stereocenters. The third-order valence-electron chi connectivity index (χ3n) is 2.03. The van der Waals surface area contributed by atoms with Crippen LogP contribution >= 0.6 is 0 Å². The van der Waals surface area contributed by atoms with Gasteiger partial charge >= 0.3 is 5.97 Å². The smallest absolute Gasteiger partial charge is 0.313 e. The zero-order valence-electron chi connectivity index (χ0n) is 6.42. The Labute approximate surface area is 69.4 Å². The Morgan fingerprint density at radius 2 is 2.42 bits per heavy atom. The van der Waals surface area contributed by atoms with Crippen molar-refractivity contribution >= 4 is 18.4 Å². The molecular weight excluding hydrogens is 158 g/mol. The second-order valence-corrected chi connectivity index (χ2v) is 2.87. The molecule has 2 aliphatic heterocycles. The average molecular weight is 167 g/mol. The minimum absolute atomic E-state index is 0.152. The van der Waals surface area contributed by atoms with Crippen LogP contribution in [-0.2, 0) is 4.79 Å². The lowest BCUT2D eigenvalue weighted by Gasteiger charge is -2.25. The SMILES string of the molecule is O=C(O)C1C=NC2N=CCN2C1. The molecule has 0 aromatic carbocycles. The van der Waals surface area contributed by atoms with E-state index in [1.165, 1.54) is 6.21 Å². The Balaban J connectivity index is 2.11. The molecular formula is C7H9N3O2. The molecule has 0 radical (unpaired) electrons. The van der Waals surface area contributed by atoms with Crippen LogP contribution < -0.4 is 0 Å². The Morgan fingerprint density at radius 3 is 3.17 bits per heavy atom. The van der Waals surface area contributed by atoms with E-state index in [0.29, 0.717) is 13.1 Å². The van der Waals surface area contributed by atoms with Crippen molar-refractivity contribution in [2.45, 2.75) is 6.29 Å². The molecule has 2 heterocycles. The van der Waals surface area contributed by atoms with Crippen molar-refractivity contribution in [1.82, 2.24) is 4.90 Å². The second kappa shape index (κ2) is 2.67. The topological polar surface area (TPSA) is 65.3 Å². The lowest BCUT2D eigenvalue weighted by molar-refractivity contribution is -0.140. The monoisotopic (exact) mass is 167 g/mol. The van der Waals surface area contributed by atoms with Crippen molar-refractivity contribution in [1.29, 1.82) is 0 Å². The van der Waals surface area contributed by atoms with Crippen molar-refractivity contribution in [3.63, 3.8) is 0 Å². The average Bonchev–Trinajstić information content (AvgIpc) is 2.49. The molecule has 0 spiro atoms. The molecule has 12 heavy (non-hydrogen) atoms. The van der Waals surface area contributed by atoms with Crippen LogP contribution in [0.2, 0.25) is 0 Å². The molecule has 2 atom stereocenters. The summed E-state index contributed by atoms with van der Waals surface area (Å²) in [6, 6.07) is 0. The quantitative estimate of drug-likeness (QED) is 0.569. The number of fused-ring (bicyclic) bond motifs is 1. The van der Waals surface area contributed by atoms with E-state index in [9.17, 15) is 4.79 Å². The zero-order chi connectivity index (χ0) is 8.55. The fourth-order valence-electron chi connectivity index (χ4n) is 1.36. The van der Waals surface area contributed by atoms with Gasteiger partial charge in [0.25, 0.3) is 0 Å². The van der Waals surface area contributed by atoms with Gasteiger partial charge < -0.3 is 5.11 Å². The molecule has 2 rings (SSSR count). The van der Waals surface area contributed by atoms with E-state index in [0.717, 1.165) is 0 Å². The Hall–Kier alpha value is -1.23. The minimum atomic E-state index is -0.816. The molecule has 64 valence electrons. The van der Waals surface area contributed by atoms with Crippen LogP contribution in [0.3, 0.4) is 0 Å². The summed E-state index contributed by atoms with van der Waals surface area (Å²) in [5, 5.41) is 8.70. The van der Waals surface area contributed by atoms with E-state index >= 15 is 0 Å². The number of carboxylic acid groups (broad SMARTS) is 1. The maximum atomic E-state index is 10.6. The largest absolute Gasteiger partial charge is 0.481 e. The summed E-state index contributed by atoms with van der Waals surface area (Å²) in [5.74, 6) is -1.29. The summed E-state index contributed by atoms with van der Waals surface area (Å²) in [7, 11) is 0. The Kier molecular flexibility index (Phi) is 1.65. The molecule has 0 saturated heterocycles. The number of carboxylic acids is 1. The first-order valence-electron chi connectivity index (χ1n) is 3.79. The summed E-state index contributed by atoms with van der Waals surface area (Å²) in [6.45, 7) is 1.23. The Bertz CT molecular complexity index is 261. The van der Waals surface area contributed by atoms with Crippen LogP contribution in [-0.4, -0.2) is 47.8 Å². The summed E-state index contributed by atoms with van der Waals surface area (Å²) in [4.78, 5) is 20.6. The number of aliphatic carboxylic acids is 1. The van der Waals surface area contributed by atoms with Gasteiger partial charge in [-0.25, -0.2) is 0 Å². The fraction of sp³-hybridized carbons (Fsp3) is 0.571. The normalized spacial score (nSPS) is 33.7. The highest BCUT2D eigenvalue weighted by Gasteiger charge is 2.29. The van der Waals surface area contributed by atoms with Crippen LogP contribution in [0.15, 0.2) is 9.98 Å². The highest BCUT2D eigenvalue weighted by Crippen LogP contribution is 2.15. The lowest BCUT2D eigenvalue weighted by atomic mass is 10.1. The van der Waals surface area contributed by atoms with E-state index in [4.69, 9.17) is 5.11 Å². The number of aliphatic imine (C=N–C) groups is 2. The fourth-order valence-corrected chi connectivity index (χ4v) is 1.36. The van der Waals surface area contributed by atoms with Crippen LogP contribution in [0.25, 0.3) is 0 Å². The minimum Gasteiger partial charge on any atom is -0.481 e. The van der Waals surface area contributed by atoms with Gasteiger partial charge in [0.2, 0.25) is 0 Å². The van der Waals surface area contributed by atoms with E-state index in [1.54, 1.807) is 6.21 Å². The Morgan fingerprint density at radius 1 is 1.58 bits per heavy atom. The molecule has 1 N–H and O–H groups in total. The number of carbonyl (C=O) groups is 1. The lowest BCUT2D eigenvalue weighted by Crippen LogP contribution is -2.41. The standard InChI is InChI=1S/C7H9N3O2/c11-6(12)5-3-9-7-8-1-2-10(7)4-5/h1,3,5,7H,2,4H2,(H,11,12). The molecule has 0 aromatic rings. The van der Waals surface area contributed by atoms with Crippen molar-refractivity contribution in [3.05, 3.63) is 0 Å². The van der Waals surface area contributed by atoms with E-state index in [-0.39, 0.29) is 6.29 Å². The second-order valence-electron chi connectivity index (χ2n) is 2.87. The number of nitrogens with zero attached hydrogens (tertiary/aromatic N) is 3. The summed E-state index contributed by atoms with van der Waals surface area (Å²) in [6.07, 6.45) is 3.10. The van der Waals surface area contributed by atoms with Crippen molar-refractivity contribution in [2.24, 2.45) is 15.9 Å². The molecule has 0 aliphatic carbocycles. The van der Waals surface area contributed by atoms with Gasteiger partial charge in [0, 0.05) is 25.5 Å². The first kappa shape index (κ1) is 7.42. The van der Waals surface area contributed by atoms with Gasteiger partial charge in [0.15, 0.2) is 6.29 Å². The van der Waals surface area contributed by atoms with Gasteiger partial charge in [0.05, 0.1) is 0 Å². The van der Waals surface area contributed by atoms with E-state index in [1.807, 2.05) is 4.90 Å². The maximum absolute atomic E-state index is 10.6. The van der Waals surface area contributed by atoms with Crippen molar-refractivity contribution in [2.75, 3.05) is 13.1 Å². The first-order chi connectivity index (χ1) is 5.77. The molecule has 0 fully saturated rings. The van der Waals surface area contributed by atoms with Gasteiger partial charge in [-0.1, -0.05) is 0 Å². The molecule has 0 saturated carbocycles. The maximum Gasteiger partial charge on any atom is 0.313 e. The van der Waals surface area contributed by atoms with E-state index < -0.39 is 11.9 Å². The van der Waals surface area contributed by atoms with Gasteiger partial charge in [0.1, 0.15) is 5.92 Å². The molecule has 0 amide bonds. The van der Waals surface area contributed by atoms with Gasteiger partial charge in [-0.2, -0.15) is 0 Å². The van der Waals surface area contributed by atoms with Gasteiger partial charge in [-0.15, -0.1) is 0 Å². The van der Waals surface area contributed by atoms with Crippen molar-refractivity contribution in [3.8, 4) is 0 Å². The highest BCUT2D eigenvalue weighted by molar-refractivity contribution is 5.89. The molecule has 2 aliphatic rings. The van der Waals surface area contributed by atoms with Crippen molar-refractivity contribution < 1.29 is 9.90 Å². The first-order valence-corrected chi connectivity index (χ1v) is 3.79. The summed E-state index contributed by atoms with van der Waals surface area (Å²) < 4.78 is 0. The molecule has 0 bridgehead atoms. The van der Waals surface area contributed by atoms with Gasteiger partial charge in [-0.3, -0.25) is 19.7 Å². The highest BCUT2D eigenvalue weighted by atomic mass is 16.4. The number of hydrogen-bond donors (Lipinski definition) is 1. The summed E-state index contributed by atoms with van der Waals surface area (Å²) in [5.41, 5.74) is 0. The van der Waals surface area contributed by atoms with Crippen LogP contribution in [0.1, 0.15) is 0 Å². The third-order valence-corrected chi connectivity index (χ3v) is 2.03. The van der Waals surface area contributed by atoms with E-state index in [2.05, 4.69) is 9.98 Å². The predicted octanol–water partition coefficient (Wildman–Crippen LogP) is -0.558. The van der Waals surface area contributed by atoms with Gasteiger partial charge in [-0.05, 0) is 0 Å². The summed E-state index contributed by atoms with van der Waals surface area (Å²) >= 11 is 0. The van der Waals surface area contributed by atoms with Crippen LogP contribution in [0.4, 0.5) is 0 Å². The van der Waals surface area contributed by atoms with Crippen LogP contribution in [0, 0.1) is 5.92 Å². The zero-order valence-corrected chi connectivity index (χ0v) is 6.42. The number of hydrogen-bond acceptors (Lipinski definition) is 4. The third kappa shape index (κ3) is 1.12. The molecule has 0 aromatic heterocycles.